The number of hydrogen-bond acceptors (Lipinski definition) is 7. The minimum Gasteiger partial charge on any atom is -0.467 e. The summed E-state index contributed by atoms with van der Waals surface area (Å²) in [6.45, 7) is 8.53. The Labute approximate surface area is 177 Å². The molecule has 8 heteroatoms. The van der Waals surface area contributed by atoms with Gasteiger partial charge >= 0.3 is 18.0 Å². The fourth-order valence-electron chi connectivity index (χ4n) is 2.71. The highest BCUT2D eigenvalue weighted by Gasteiger charge is 2.36. The van der Waals surface area contributed by atoms with E-state index >= 15 is 0 Å². The molecule has 8 nitrogen and oxygen atoms in total. The Morgan fingerprint density at radius 3 is 2.10 bits per heavy atom. The van der Waals surface area contributed by atoms with Crippen molar-refractivity contribution in [1.29, 1.82) is 0 Å². The molecule has 0 heterocycles. The van der Waals surface area contributed by atoms with Crippen LogP contribution in [-0.2, 0) is 35.2 Å². The Hall–Kier alpha value is -2.90. The van der Waals surface area contributed by atoms with E-state index in [0.29, 0.717) is 0 Å². The normalized spacial score (nSPS) is 13.2. The monoisotopic (exact) mass is 421 g/mol. The number of ketones is 1. The lowest BCUT2D eigenvalue weighted by atomic mass is 9.88. The third-order valence-corrected chi connectivity index (χ3v) is 4.07. The van der Waals surface area contributed by atoms with Crippen molar-refractivity contribution in [1.82, 2.24) is 5.32 Å². The van der Waals surface area contributed by atoms with Crippen molar-refractivity contribution in [3.05, 3.63) is 35.9 Å². The van der Waals surface area contributed by atoms with Crippen LogP contribution < -0.4 is 5.32 Å². The molecule has 1 aromatic carbocycles. The van der Waals surface area contributed by atoms with Crippen molar-refractivity contribution in [3.63, 3.8) is 0 Å². The van der Waals surface area contributed by atoms with Gasteiger partial charge in [0.25, 0.3) is 0 Å². The third-order valence-electron chi connectivity index (χ3n) is 4.07. The van der Waals surface area contributed by atoms with Crippen molar-refractivity contribution in [2.45, 2.75) is 59.3 Å². The van der Waals surface area contributed by atoms with Gasteiger partial charge in [-0.15, -0.1) is 0 Å². The van der Waals surface area contributed by atoms with Crippen molar-refractivity contribution in [3.8, 4) is 0 Å². The first kappa shape index (κ1) is 25.1. The highest BCUT2D eigenvalue weighted by molar-refractivity contribution is 6.01. The molecule has 0 spiro atoms. The van der Waals surface area contributed by atoms with Gasteiger partial charge in [-0.1, -0.05) is 44.2 Å². The Kier molecular flexibility index (Phi) is 9.49. The van der Waals surface area contributed by atoms with E-state index in [1.807, 2.05) is 6.07 Å². The number of ether oxygens (including phenoxy) is 3. The van der Waals surface area contributed by atoms with Gasteiger partial charge in [0, 0.05) is 6.42 Å². The molecule has 166 valence electrons. The number of amides is 1. The minimum atomic E-state index is -1.28. The lowest BCUT2D eigenvalue weighted by Crippen LogP contribution is -2.45. The summed E-state index contributed by atoms with van der Waals surface area (Å²) in [5.74, 6) is -3.43. The predicted molar refractivity (Wildman–Crippen MR) is 109 cm³/mol. The molecule has 0 aliphatic heterocycles. The Morgan fingerprint density at radius 1 is 1.00 bits per heavy atom. The van der Waals surface area contributed by atoms with Crippen LogP contribution in [0.1, 0.15) is 46.6 Å². The minimum absolute atomic E-state index is 0.00103. The van der Waals surface area contributed by atoms with E-state index in [4.69, 9.17) is 9.47 Å². The number of alkyl carbamates (subject to hydrolysis) is 1. The molecule has 0 fully saturated rings. The molecule has 0 bridgehead atoms. The molecule has 0 saturated heterocycles. The van der Waals surface area contributed by atoms with E-state index in [9.17, 15) is 19.2 Å². The van der Waals surface area contributed by atoms with Gasteiger partial charge in [-0.25, -0.2) is 9.59 Å². The molecule has 0 aliphatic carbocycles. The molecule has 30 heavy (non-hydrogen) atoms. The van der Waals surface area contributed by atoms with E-state index in [2.05, 4.69) is 10.1 Å². The number of benzene rings is 1. The molecule has 0 saturated carbocycles. The second-order valence-corrected chi connectivity index (χ2v) is 8.21. The van der Waals surface area contributed by atoms with E-state index < -0.39 is 47.8 Å². The summed E-state index contributed by atoms with van der Waals surface area (Å²) in [7, 11) is 1.14. The van der Waals surface area contributed by atoms with Crippen molar-refractivity contribution >= 4 is 23.8 Å². The smallest absolute Gasteiger partial charge is 0.408 e. The van der Waals surface area contributed by atoms with Gasteiger partial charge < -0.3 is 19.5 Å². The van der Waals surface area contributed by atoms with Gasteiger partial charge in [0.1, 0.15) is 30.0 Å². The van der Waals surface area contributed by atoms with Crippen molar-refractivity contribution in [2.75, 3.05) is 7.11 Å². The maximum atomic E-state index is 12.8. The highest BCUT2D eigenvalue weighted by atomic mass is 16.6. The molecular weight excluding hydrogens is 390 g/mol. The largest absolute Gasteiger partial charge is 0.467 e. The number of carbonyl (C=O) groups excluding carboxylic acids is 4. The van der Waals surface area contributed by atoms with Crippen molar-refractivity contribution in [2.24, 2.45) is 11.8 Å². The Morgan fingerprint density at radius 2 is 1.60 bits per heavy atom. The molecular formula is C22H31NO7. The van der Waals surface area contributed by atoms with E-state index in [-0.39, 0.29) is 12.5 Å². The van der Waals surface area contributed by atoms with Crippen LogP contribution in [0, 0.1) is 11.8 Å². The number of methoxy groups -OCH3 is 1. The average molecular weight is 421 g/mol. The number of esters is 2. The summed E-state index contributed by atoms with van der Waals surface area (Å²) in [6.07, 6.45) is -1.30. The SMILES string of the molecule is COC(=O)[C@H](CC(=O)C(C(=O)OC(C)(C)C)C(C)C)NC(=O)OCc1ccccc1. The standard InChI is InChI=1S/C22H31NO7/c1-14(2)18(20(26)30-22(3,4)5)17(24)12-16(19(25)28-6)23-21(27)29-13-15-10-8-7-9-11-15/h7-11,14,16,18H,12-13H2,1-6H3,(H,23,27)/t16-,18?/m0/s1. The summed E-state index contributed by atoms with van der Waals surface area (Å²) in [5, 5.41) is 2.34. The topological polar surface area (TPSA) is 108 Å². The lowest BCUT2D eigenvalue weighted by molar-refractivity contribution is -0.164. The molecule has 1 aromatic rings. The van der Waals surface area contributed by atoms with Crippen LogP contribution in [0.25, 0.3) is 0 Å². The summed E-state index contributed by atoms with van der Waals surface area (Å²) in [5.41, 5.74) is 0.00861. The lowest BCUT2D eigenvalue weighted by Gasteiger charge is -2.26. The maximum absolute atomic E-state index is 12.8. The number of nitrogens with one attached hydrogen (secondary N) is 1. The van der Waals surface area contributed by atoms with Crippen LogP contribution in [-0.4, -0.2) is 42.6 Å². The molecule has 1 amide bonds. The summed E-state index contributed by atoms with van der Waals surface area (Å²) in [4.78, 5) is 49.5. The van der Waals surface area contributed by atoms with Crippen LogP contribution >= 0.6 is 0 Å². The molecule has 1 unspecified atom stereocenters. The number of rotatable bonds is 9. The van der Waals surface area contributed by atoms with Crippen LogP contribution in [0.3, 0.4) is 0 Å². The molecule has 0 aliphatic rings. The van der Waals surface area contributed by atoms with E-state index in [1.54, 1.807) is 58.9 Å². The molecule has 2 atom stereocenters. The number of Topliss-reactive ketones (excluding diaryl/α,β-unsaturated/α-hetero) is 1. The molecule has 1 rings (SSSR count). The summed E-state index contributed by atoms with van der Waals surface area (Å²) in [6, 6.07) is 7.71. The zero-order valence-electron chi connectivity index (χ0n) is 18.4. The summed E-state index contributed by atoms with van der Waals surface area (Å²) >= 11 is 0. The second kappa shape index (κ2) is 11.3. The zero-order chi connectivity index (χ0) is 22.9. The van der Waals surface area contributed by atoms with Gasteiger partial charge in [0.2, 0.25) is 0 Å². The fraction of sp³-hybridized carbons (Fsp3) is 0.545. The first-order chi connectivity index (χ1) is 13.9. The van der Waals surface area contributed by atoms with E-state index in [0.717, 1.165) is 12.7 Å². The Balaban J connectivity index is 2.81. The van der Waals surface area contributed by atoms with Crippen LogP contribution in [0.5, 0.6) is 0 Å². The van der Waals surface area contributed by atoms with Gasteiger partial charge in [0.15, 0.2) is 0 Å². The first-order valence-electron chi connectivity index (χ1n) is 9.75. The first-order valence-corrected chi connectivity index (χ1v) is 9.75. The van der Waals surface area contributed by atoms with Gasteiger partial charge in [-0.3, -0.25) is 9.59 Å². The summed E-state index contributed by atoms with van der Waals surface area (Å²) < 4.78 is 15.1. The molecule has 0 radical (unpaired) electrons. The van der Waals surface area contributed by atoms with Crippen LogP contribution in [0.15, 0.2) is 30.3 Å². The van der Waals surface area contributed by atoms with Gasteiger partial charge in [-0.2, -0.15) is 0 Å². The number of carbonyl (C=O) groups is 4. The van der Waals surface area contributed by atoms with Gasteiger partial charge in [-0.05, 0) is 32.3 Å². The third kappa shape index (κ3) is 8.63. The highest BCUT2D eigenvalue weighted by Crippen LogP contribution is 2.21. The zero-order valence-corrected chi connectivity index (χ0v) is 18.4. The Bertz CT molecular complexity index is 738. The van der Waals surface area contributed by atoms with Crippen molar-refractivity contribution < 1.29 is 33.4 Å². The predicted octanol–water partition coefficient (Wildman–Crippen LogP) is 3.03. The van der Waals surface area contributed by atoms with E-state index in [1.165, 1.54) is 0 Å². The quantitative estimate of drug-likeness (QED) is 0.371. The molecule has 0 aromatic heterocycles. The fourth-order valence-corrected chi connectivity index (χ4v) is 2.71. The van der Waals surface area contributed by atoms with Crippen LogP contribution in [0.4, 0.5) is 4.79 Å². The maximum Gasteiger partial charge on any atom is 0.408 e. The second-order valence-electron chi connectivity index (χ2n) is 8.21. The van der Waals surface area contributed by atoms with Gasteiger partial charge in [0.05, 0.1) is 7.11 Å². The number of hydrogen-bond donors (Lipinski definition) is 1. The molecule has 1 N–H and O–H groups in total. The van der Waals surface area contributed by atoms with Crippen LogP contribution in [0.2, 0.25) is 0 Å². The average Bonchev–Trinajstić information content (AvgIpc) is 2.64.